The van der Waals surface area contributed by atoms with Crippen molar-refractivity contribution in [1.82, 2.24) is 14.5 Å². The van der Waals surface area contributed by atoms with Crippen molar-refractivity contribution in [3.05, 3.63) is 21.1 Å². The number of halogens is 2. The van der Waals surface area contributed by atoms with E-state index in [-0.39, 0.29) is 0 Å². The van der Waals surface area contributed by atoms with Crippen molar-refractivity contribution in [2.45, 2.75) is 40.7 Å². The number of nitrogens with zero attached hydrogens (tertiary/aromatic N) is 3. The summed E-state index contributed by atoms with van der Waals surface area (Å²) in [6, 6.07) is 0. The average molecular weight is 331 g/mol. The molecule has 3 nitrogen and oxygen atoms in total. The molecule has 98 valence electrons. The van der Waals surface area contributed by atoms with Gasteiger partial charge in [-0.25, -0.2) is 9.97 Å². The van der Waals surface area contributed by atoms with Crippen LogP contribution in [0.3, 0.4) is 0 Å². The van der Waals surface area contributed by atoms with Crippen LogP contribution in [0.5, 0.6) is 0 Å². The van der Waals surface area contributed by atoms with Gasteiger partial charge >= 0.3 is 0 Å². The molecule has 2 rings (SSSR count). The molecule has 0 atom stereocenters. The third kappa shape index (κ3) is 2.28. The Morgan fingerprint density at radius 2 is 2.00 bits per heavy atom. The summed E-state index contributed by atoms with van der Waals surface area (Å²) in [6.45, 7) is 9.22. The van der Waals surface area contributed by atoms with E-state index in [4.69, 9.17) is 11.6 Å². The summed E-state index contributed by atoms with van der Waals surface area (Å²) in [6.07, 6.45) is 0.890. The zero-order chi connectivity index (χ0) is 13.4. The van der Waals surface area contributed by atoms with Crippen LogP contribution in [0.15, 0.2) is 4.47 Å². The highest BCUT2D eigenvalue weighted by molar-refractivity contribution is 9.10. The van der Waals surface area contributed by atoms with Gasteiger partial charge in [-0.2, -0.15) is 0 Å². The Morgan fingerprint density at radius 3 is 2.56 bits per heavy atom. The molecule has 2 aromatic rings. The summed E-state index contributed by atoms with van der Waals surface area (Å²) in [5.74, 6) is 1.44. The van der Waals surface area contributed by atoms with E-state index in [1.165, 1.54) is 0 Å². The predicted molar refractivity (Wildman–Crippen MR) is 79.2 cm³/mol. The highest BCUT2D eigenvalue weighted by Crippen LogP contribution is 2.35. The summed E-state index contributed by atoms with van der Waals surface area (Å²) in [5, 5.41) is 1.72. The van der Waals surface area contributed by atoms with E-state index in [9.17, 15) is 0 Å². The lowest BCUT2D eigenvalue weighted by atomic mass is 10.1. The van der Waals surface area contributed by atoms with E-state index in [2.05, 4.69) is 46.7 Å². The van der Waals surface area contributed by atoms with Gasteiger partial charge in [0, 0.05) is 13.0 Å². The topological polar surface area (TPSA) is 30.7 Å². The Hall–Kier alpha value is -0.610. The minimum atomic E-state index is 0.547. The lowest BCUT2D eigenvalue weighted by molar-refractivity contribution is 0.619. The van der Waals surface area contributed by atoms with E-state index >= 15 is 0 Å². The van der Waals surface area contributed by atoms with Crippen molar-refractivity contribution in [2.24, 2.45) is 5.92 Å². The van der Waals surface area contributed by atoms with Crippen LogP contribution in [-0.4, -0.2) is 14.5 Å². The second-order valence-electron chi connectivity index (χ2n) is 4.87. The van der Waals surface area contributed by atoms with E-state index in [0.29, 0.717) is 11.1 Å². The number of aryl methyl sites for hydroxylation is 2. The van der Waals surface area contributed by atoms with Crippen LogP contribution in [0.2, 0.25) is 5.15 Å². The Bertz CT molecular complexity index is 590. The third-order valence-corrected chi connectivity index (χ3v) is 4.31. The molecular weight excluding hydrogens is 314 g/mol. The van der Waals surface area contributed by atoms with Gasteiger partial charge in [0.1, 0.15) is 16.6 Å². The second kappa shape index (κ2) is 5.17. The molecule has 0 aliphatic rings. The van der Waals surface area contributed by atoms with Gasteiger partial charge in [0.2, 0.25) is 0 Å². The number of aromatic nitrogens is 3. The molecule has 0 bridgehead atoms. The average Bonchev–Trinajstić information content (AvgIpc) is 2.50. The van der Waals surface area contributed by atoms with E-state index in [1.807, 2.05) is 11.5 Å². The first kappa shape index (κ1) is 13.8. The number of hydrogen-bond acceptors (Lipinski definition) is 2. The van der Waals surface area contributed by atoms with Crippen molar-refractivity contribution >= 4 is 38.6 Å². The molecule has 0 fully saturated rings. The van der Waals surface area contributed by atoms with E-state index in [1.54, 1.807) is 0 Å². The van der Waals surface area contributed by atoms with Gasteiger partial charge in [0.15, 0.2) is 0 Å². The van der Waals surface area contributed by atoms with Gasteiger partial charge in [0.05, 0.1) is 15.6 Å². The van der Waals surface area contributed by atoms with Gasteiger partial charge in [0.25, 0.3) is 0 Å². The van der Waals surface area contributed by atoms with Crippen LogP contribution in [0.4, 0.5) is 0 Å². The highest BCUT2D eigenvalue weighted by Gasteiger charge is 2.18. The summed E-state index contributed by atoms with van der Waals surface area (Å²) < 4.78 is 2.91. The van der Waals surface area contributed by atoms with E-state index in [0.717, 1.165) is 40.0 Å². The molecule has 18 heavy (non-hydrogen) atoms. The molecular formula is C13H17BrClN3. The first-order valence-corrected chi connectivity index (χ1v) is 7.33. The summed E-state index contributed by atoms with van der Waals surface area (Å²) in [7, 11) is 0. The number of hydrogen-bond donors (Lipinski definition) is 0. The van der Waals surface area contributed by atoms with Gasteiger partial charge in [-0.1, -0.05) is 25.4 Å². The van der Waals surface area contributed by atoms with Crippen molar-refractivity contribution in [3.63, 3.8) is 0 Å². The quantitative estimate of drug-likeness (QED) is 0.836. The second-order valence-corrected chi connectivity index (χ2v) is 6.02. The normalized spacial score (nSPS) is 11.7. The Kier molecular flexibility index (Phi) is 3.97. The van der Waals surface area contributed by atoms with Crippen LogP contribution in [0.1, 0.15) is 32.3 Å². The SMILES string of the molecule is CCn1c(Cl)c(Br)c2c(C)nc(CC(C)C)nc21. The zero-order valence-electron chi connectivity index (χ0n) is 11.1. The minimum absolute atomic E-state index is 0.547. The molecule has 5 heteroatoms. The van der Waals surface area contributed by atoms with Gasteiger partial charge in [-0.3, -0.25) is 0 Å². The molecule has 0 saturated carbocycles. The molecule has 0 spiro atoms. The molecule has 0 radical (unpaired) electrons. The molecule has 0 aromatic carbocycles. The van der Waals surface area contributed by atoms with Gasteiger partial charge in [-0.05, 0) is 35.7 Å². The Labute approximate surface area is 121 Å². The van der Waals surface area contributed by atoms with Crippen molar-refractivity contribution in [2.75, 3.05) is 0 Å². The largest absolute Gasteiger partial charge is 0.316 e. The third-order valence-electron chi connectivity index (χ3n) is 2.92. The van der Waals surface area contributed by atoms with Crippen LogP contribution >= 0.6 is 27.5 Å². The molecule has 0 amide bonds. The summed E-state index contributed by atoms with van der Waals surface area (Å²) >= 11 is 9.85. The van der Waals surface area contributed by atoms with Crippen molar-refractivity contribution in [1.29, 1.82) is 0 Å². The van der Waals surface area contributed by atoms with Gasteiger partial charge in [-0.15, -0.1) is 0 Å². The number of fused-ring (bicyclic) bond motifs is 1. The Balaban J connectivity index is 2.71. The maximum Gasteiger partial charge on any atom is 0.146 e. The molecule has 0 aliphatic heterocycles. The minimum Gasteiger partial charge on any atom is -0.316 e. The first-order chi connectivity index (χ1) is 8.45. The molecule has 0 saturated heterocycles. The smallest absolute Gasteiger partial charge is 0.146 e. The molecule has 0 unspecified atom stereocenters. The van der Waals surface area contributed by atoms with E-state index < -0.39 is 0 Å². The van der Waals surface area contributed by atoms with Crippen LogP contribution in [0, 0.1) is 12.8 Å². The van der Waals surface area contributed by atoms with Crippen molar-refractivity contribution in [3.8, 4) is 0 Å². The van der Waals surface area contributed by atoms with Crippen LogP contribution in [-0.2, 0) is 13.0 Å². The fraction of sp³-hybridized carbons (Fsp3) is 0.538. The maximum atomic E-state index is 6.32. The monoisotopic (exact) mass is 329 g/mol. The molecule has 2 heterocycles. The van der Waals surface area contributed by atoms with Gasteiger partial charge < -0.3 is 4.57 Å². The molecule has 0 N–H and O–H groups in total. The lowest BCUT2D eigenvalue weighted by Crippen LogP contribution is -2.05. The highest BCUT2D eigenvalue weighted by atomic mass is 79.9. The summed E-state index contributed by atoms with van der Waals surface area (Å²) in [4.78, 5) is 9.24. The fourth-order valence-electron chi connectivity index (χ4n) is 2.13. The predicted octanol–water partition coefficient (Wildman–Crippen LogP) is 4.37. The first-order valence-electron chi connectivity index (χ1n) is 6.16. The van der Waals surface area contributed by atoms with Crippen molar-refractivity contribution < 1.29 is 0 Å². The lowest BCUT2D eigenvalue weighted by Gasteiger charge is -2.07. The number of rotatable bonds is 3. The Morgan fingerprint density at radius 1 is 1.33 bits per heavy atom. The maximum absolute atomic E-state index is 6.32. The standard InChI is InChI=1S/C13H17BrClN3/c1-5-18-12(15)11(14)10-8(4)16-9(6-7(2)3)17-13(10)18/h7H,5-6H2,1-4H3. The van der Waals surface area contributed by atoms with Crippen LogP contribution in [0.25, 0.3) is 11.0 Å². The fourth-order valence-corrected chi connectivity index (χ4v) is 3.10. The zero-order valence-corrected chi connectivity index (χ0v) is 13.4. The molecule has 2 aromatic heterocycles. The van der Waals surface area contributed by atoms with Crippen LogP contribution < -0.4 is 0 Å². The summed E-state index contributed by atoms with van der Waals surface area (Å²) in [5.41, 5.74) is 1.91. The molecule has 0 aliphatic carbocycles.